The van der Waals surface area contributed by atoms with Crippen molar-refractivity contribution in [3.05, 3.63) is 64.7 Å². The number of phenols is 1. The number of hydrogen-bond donors (Lipinski definition) is 2. The predicted molar refractivity (Wildman–Crippen MR) is 79.2 cm³/mol. The first-order valence-corrected chi connectivity index (χ1v) is 6.34. The summed E-state index contributed by atoms with van der Waals surface area (Å²) in [7, 11) is 0. The predicted octanol–water partition coefficient (Wildman–Crippen LogP) is 3.20. The number of aromatic hydroxyl groups is 1. The number of carbonyl (C=O) groups is 1. The van der Waals surface area contributed by atoms with Crippen molar-refractivity contribution in [2.75, 3.05) is 0 Å². The number of hydrogen-bond acceptors (Lipinski definition) is 3. The summed E-state index contributed by atoms with van der Waals surface area (Å²) >= 11 is 5.89. The number of halogens is 1. The summed E-state index contributed by atoms with van der Waals surface area (Å²) in [6.45, 7) is 1.76. The molecule has 0 bridgehead atoms. The molecular formula is C15H13ClN2O2. The Morgan fingerprint density at radius 3 is 2.65 bits per heavy atom. The molecule has 0 aliphatic carbocycles. The molecule has 4 nitrogen and oxygen atoms in total. The van der Waals surface area contributed by atoms with E-state index in [0.717, 1.165) is 5.56 Å². The maximum Gasteiger partial charge on any atom is 0.275 e. The number of phenolic OH excluding ortho intramolecular Hbond substituents is 1. The average molecular weight is 289 g/mol. The van der Waals surface area contributed by atoms with Crippen LogP contribution in [-0.4, -0.2) is 16.7 Å². The van der Waals surface area contributed by atoms with Gasteiger partial charge in [0.25, 0.3) is 5.91 Å². The Morgan fingerprint density at radius 1 is 1.20 bits per heavy atom. The van der Waals surface area contributed by atoms with Gasteiger partial charge < -0.3 is 5.11 Å². The second-order valence-electron chi connectivity index (χ2n) is 4.17. The highest BCUT2D eigenvalue weighted by molar-refractivity contribution is 6.31. The standard InChI is InChI=1S/C15H13ClN2O2/c1-10(11-5-4-6-12(16)9-11)17-18-15(20)13-7-2-3-8-14(13)19/h2-9,19H,1H3,(H,18,20)/b17-10-. The third-order valence-corrected chi connectivity index (χ3v) is 2.95. The van der Waals surface area contributed by atoms with Crippen molar-refractivity contribution in [2.45, 2.75) is 6.92 Å². The zero-order chi connectivity index (χ0) is 14.5. The molecule has 0 heterocycles. The van der Waals surface area contributed by atoms with Crippen LogP contribution in [0.3, 0.4) is 0 Å². The van der Waals surface area contributed by atoms with Crippen LogP contribution < -0.4 is 5.43 Å². The molecule has 0 unspecified atom stereocenters. The lowest BCUT2D eigenvalue weighted by Crippen LogP contribution is -2.19. The van der Waals surface area contributed by atoms with Gasteiger partial charge in [-0.25, -0.2) is 5.43 Å². The van der Waals surface area contributed by atoms with Crippen molar-refractivity contribution in [3.63, 3.8) is 0 Å². The number of carbonyl (C=O) groups excluding carboxylic acids is 1. The molecule has 102 valence electrons. The van der Waals surface area contributed by atoms with Crippen LogP contribution in [0, 0.1) is 0 Å². The van der Waals surface area contributed by atoms with Crippen LogP contribution in [0.1, 0.15) is 22.8 Å². The Kier molecular flexibility index (Phi) is 4.38. The second-order valence-corrected chi connectivity index (χ2v) is 4.60. The minimum atomic E-state index is -0.468. The molecule has 0 spiro atoms. The van der Waals surface area contributed by atoms with Crippen LogP contribution in [0.2, 0.25) is 5.02 Å². The Balaban J connectivity index is 2.13. The molecule has 0 aliphatic rings. The molecule has 0 radical (unpaired) electrons. The number of para-hydroxylation sites is 1. The largest absolute Gasteiger partial charge is 0.507 e. The zero-order valence-corrected chi connectivity index (χ0v) is 11.6. The number of amides is 1. The van der Waals surface area contributed by atoms with Gasteiger partial charge in [-0.05, 0) is 36.8 Å². The van der Waals surface area contributed by atoms with E-state index in [2.05, 4.69) is 10.5 Å². The maximum atomic E-state index is 11.9. The Bertz CT molecular complexity index is 668. The smallest absolute Gasteiger partial charge is 0.275 e. The summed E-state index contributed by atoms with van der Waals surface area (Å²) in [6.07, 6.45) is 0. The van der Waals surface area contributed by atoms with Crippen LogP contribution in [0.25, 0.3) is 0 Å². The lowest BCUT2D eigenvalue weighted by atomic mass is 10.1. The van der Waals surface area contributed by atoms with Crippen molar-refractivity contribution in [1.29, 1.82) is 0 Å². The van der Waals surface area contributed by atoms with Gasteiger partial charge in [0.2, 0.25) is 0 Å². The third kappa shape index (κ3) is 3.36. The normalized spacial score (nSPS) is 11.2. The third-order valence-electron chi connectivity index (χ3n) is 2.72. The molecule has 0 saturated carbocycles. The molecule has 0 atom stereocenters. The van der Waals surface area contributed by atoms with Crippen molar-refractivity contribution in [2.24, 2.45) is 5.10 Å². The topological polar surface area (TPSA) is 61.7 Å². The van der Waals surface area contributed by atoms with Gasteiger partial charge >= 0.3 is 0 Å². The number of rotatable bonds is 3. The van der Waals surface area contributed by atoms with Gasteiger partial charge in [-0.1, -0.05) is 35.9 Å². The minimum Gasteiger partial charge on any atom is -0.507 e. The summed E-state index contributed by atoms with van der Waals surface area (Å²) in [5.74, 6) is -0.551. The summed E-state index contributed by atoms with van der Waals surface area (Å²) in [4.78, 5) is 11.9. The van der Waals surface area contributed by atoms with Crippen LogP contribution in [0.4, 0.5) is 0 Å². The minimum absolute atomic E-state index is 0.0828. The summed E-state index contributed by atoms with van der Waals surface area (Å²) in [5.41, 5.74) is 4.02. The quantitative estimate of drug-likeness (QED) is 0.673. The zero-order valence-electron chi connectivity index (χ0n) is 10.8. The van der Waals surface area contributed by atoms with Gasteiger partial charge in [-0.15, -0.1) is 0 Å². The van der Waals surface area contributed by atoms with Gasteiger partial charge in [0.1, 0.15) is 5.75 Å². The first kappa shape index (κ1) is 14.1. The van der Waals surface area contributed by atoms with E-state index in [1.807, 2.05) is 12.1 Å². The molecular weight excluding hydrogens is 276 g/mol. The fraction of sp³-hybridized carbons (Fsp3) is 0.0667. The van der Waals surface area contributed by atoms with Crippen molar-refractivity contribution < 1.29 is 9.90 Å². The molecule has 1 amide bonds. The lowest BCUT2D eigenvalue weighted by molar-refractivity contribution is 0.0952. The lowest BCUT2D eigenvalue weighted by Gasteiger charge is -2.04. The van der Waals surface area contributed by atoms with Gasteiger partial charge in [-0.3, -0.25) is 4.79 Å². The van der Waals surface area contributed by atoms with E-state index in [9.17, 15) is 9.90 Å². The van der Waals surface area contributed by atoms with E-state index >= 15 is 0 Å². The van der Waals surface area contributed by atoms with Crippen LogP contribution in [0.5, 0.6) is 5.75 Å². The first-order valence-electron chi connectivity index (χ1n) is 5.96. The van der Waals surface area contributed by atoms with Gasteiger partial charge in [0, 0.05) is 5.02 Å². The molecule has 0 fully saturated rings. The first-order chi connectivity index (χ1) is 9.58. The van der Waals surface area contributed by atoms with Gasteiger partial charge in [0.15, 0.2) is 0 Å². The molecule has 0 saturated heterocycles. The van der Waals surface area contributed by atoms with Gasteiger partial charge in [0.05, 0.1) is 11.3 Å². The highest BCUT2D eigenvalue weighted by atomic mass is 35.5. The van der Waals surface area contributed by atoms with E-state index in [-0.39, 0.29) is 11.3 Å². The van der Waals surface area contributed by atoms with Gasteiger partial charge in [-0.2, -0.15) is 5.10 Å². The summed E-state index contributed by atoms with van der Waals surface area (Å²) in [5, 5.41) is 14.2. The molecule has 20 heavy (non-hydrogen) atoms. The Morgan fingerprint density at radius 2 is 1.95 bits per heavy atom. The average Bonchev–Trinajstić information content (AvgIpc) is 2.45. The molecule has 2 aromatic rings. The van der Waals surface area contributed by atoms with Crippen LogP contribution >= 0.6 is 11.6 Å². The second kappa shape index (κ2) is 6.21. The number of benzene rings is 2. The Labute approximate surface area is 121 Å². The summed E-state index contributed by atoms with van der Waals surface area (Å²) in [6, 6.07) is 13.5. The molecule has 2 rings (SSSR count). The van der Waals surface area contributed by atoms with Crippen molar-refractivity contribution in [1.82, 2.24) is 5.43 Å². The number of nitrogens with zero attached hydrogens (tertiary/aromatic N) is 1. The molecule has 0 aliphatic heterocycles. The van der Waals surface area contributed by atoms with E-state index in [0.29, 0.717) is 10.7 Å². The van der Waals surface area contributed by atoms with E-state index in [1.165, 1.54) is 12.1 Å². The molecule has 5 heteroatoms. The van der Waals surface area contributed by atoms with Crippen molar-refractivity contribution in [3.8, 4) is 5.75 Å². The highest BCUT2D eigenvalue weighted by Crippen LogP contribution is 2.15. The van der Waals surface area contributed by atoms with Crippen LogP contribution in [0.15, 0.2) is 53.6 Å². The van der Waals surface area contributed by atoms with E-state index < -0.39 is 5.91 Å². The maximum absolute atomic E-state index is 11.9. The van der Waals surface area contributed by atoms with Crippen LogP contribution in [-0.2, 0) is 0 Å². The van der Waals surface area contributed by atoms with E-state index in [4.69, 9.17) is 11.6 Å². The fourth-order valence-electron chi connectivity index (χ4n) is 1.64. The number of nitrogens with one attached hydrogen (secondary N) is 1. The SMILES string of the molecule is C/C(=N/NC(=O)c1ccccc1O)c1cccc(Cl)c1. The summed E-state index contributed by atoms with van der Waals surface area (Å²) < 4.78 is 0. The van der Waals surface area contributed by atoms with Crippen molar-refractivity contribution >= 4 is 23.2 Å². The highest BCUT2D eigenvalue weighted by Gasteiger charge is 2.09. The molecule has 2 aromatic carbocycles. The monoisotopic (exact) mass is 288 g/mol. The Hall–Kier alpha value is -2.33. The fourth-order valence-corrected chi connectivity index (χ4v) is 1.83. The molecule has 0 aromatic heterocycles. The molecule has 2 N–H and O–H groups in total. The van der Waals surface area contributed by atoms with E-state index in [1.54, 1.807) is 31.2 Å². The number of hydrazone groups is 1.